The van der Waals surface area contributed by atoms with Gasteiger partial charge in [0.05, 0.1) is 6.04 Å². The Bertz CT molecular complexity index is 1040. The molecule has 1 aromatic carbocycles. The van der Waals surface area contributed by atoms with Crippen molar-refractivity contribution in [3.63, 3.8) is 0 Å². The van der Waals surface area contributed by atoms with E-state index in [2.05, 4.69) is 58.0 Å². The average Bonchev–Trinajstić information content (AvgIpc) is 3.14. The first-order valence-electron chi connectivity index (χ1n) is 13.0. The Morgan fingerprint density at radius 2 is 2.03 bits per heavy atom. The van der Waals surface area contributed by atoms with Crippen molar-refractivity contribution >= 4 is 16.8 Å². The molecule has 32 heavy (non-hydrogen) atoms. The number of nitrogens with zero attached hydrogens (tertiary/aromatic N) is 3. The van der Waals surface area contributed by atoms with Gasteiger partial charge in [0.2, 0.25) is 5.91 Å². The summed E-state index contributed by atoms with van der Waals surface area (Å²) in [5.41, 5.74) is 4.26. The predicted molar refractivity (Wildman–Crippen MR) is 129 cm³/mol. The van der Waals surface area contributed by atoms with Crippen LogP contribution in [0.25, 0.3) is 10.9 Å². The van der Waals surface area contributed by atoms with Gasteiger partial charge in [-0.2, -0.15) is 0 Å². The molecule has 0 N–H and O–H groups in total. The van der Waals surface area contributed by atoms with Crippen molar-refractivity contribution in [2.24, 2.45) is 18.9 Å². The number of para-hydroxylation sites is 1. The number of hydrogen-bond donors (Lipinski definition) is 0. The molecule has 0 saturated carbocycles. The molecule has 3 fully saturated rings. The fourth-order valence-corrected chi connectivity index (χ4v) is 7.45. The van der Waals surface area contributed by atoms with Crippen molar-refractivity contribution in [2.75, 3.05) is 19.6 Å². The van der Waals surface area contributed by atoms with E-state index in [0.717, 1.165) is 37.8 Å². The second-order valence-corrected chi connectivity index (χ2v) is 10.7. The summed E-state index contributed by atoms with van der Waals surface area (Å²) in [7, 11) is 2.12. The zero-order valence-electron chi connectivity index (χ0n) is 19.5. The van der Waals surface area contributed by atoms with Crippen LogP contribution >= 0.6 is 0 Å². The minimum absolute atomic E-state index is 0.382. The first-order valence-corrected chi connectivity index (χ1v) is 13.0. The van der Waals surface area contributed by atoms with Gasteiger partial charge in [-0.1, -0.05) is 36.3 Å². The van der Waals surface area contributed by atoms with Crippen molar-refractivity contribution < 1.29 is 4.79 Å². The lowest BCUT2D eigenvalue weighted by Gasteiger charge is -2.54. The Morgan fingerprint density at radius 1 is 1.12 bits per heavy atom. The van der Waals surface area contributed by atoms with Crippen LogP contribution in [-0.4, -0.2) is 52.0 Å². The molecule has 6 rings (SSSR count). The summed E-state index contributed by atoms with van der Waals surface area (Å²) in [5, 5.41) is 1.34. The van der Waals surface area contributed by atoms with Crippen molar-refractivity contribution in [3.8, 4) is 0 Å². The second kappa shape index (κ2) is 8.37. The topological polar surface area (TPSA) is 28.5 Å². The first kappa shape index (κ1) is 20.5. The van der Waals surface area contributed by atoms with Gasteiger partial charge in [0.25, 0.3) is 0 Å². The Hall–Kier alpha value is -2.07. The molecule has 0 radical (unpaired) electrons. The van der Waals surface area contributed by atoms with Gasteiger partial charge in [-0.25, -0.2) is 0 Å². The average molecular weight is 432 g/mol. The number of aromatic nitrogens is 1. The SMILES string of the molecule is Cn1cc(CCCC(=O)N2CCCC3=C[C@H]4C[C@@H](CN5CCCC[C@@H]45)[C@H]32)c2ccccc21. The van der Waals surface area contributed by atoms with Crippen molar-refractivity contribution in [2.45, 2.75) is 69.9 Å². The minimum atomic E-state index is 0.382. The van der Waals surface area contributed by atoms with Gasteiger partial charge in [0.1, 0.15) is 0 Å². The molecule has 1 aromatic heterocycles. The summed E-state index contributed by atoms with van der Waals surface area (Å²) < 4.78 is 2.21. The number of hydrogen-bond acceptors (Lipinski definition) is 2. The third-order valence-corrected chi connectivity index (χ3v) is 8.79. The van der Waals surface area contributed by atoms with Gasteiger partial charge in [-0.15, -0.1) is 0 Å². The number of benzene rings is 1. The molecule has 4 aliphatic rings. The van der Waals surface area contributed by atoms with Crippen LogP contribution in [-0.2, 0) is 18.3 Å². The zero-order chi connectivity index (χ0) is 21.7. The molecule has 0 unspecified atom stereocenters. The normalized spacial score (nSPS) is 30.0. The maximum absolute atomic E-state index is 13.4. The summed E-state index contributed by atoms with van der Waals surface area (Å²) >= 11 is 0. The van der Waals surface area contributed by atoms with E-state index < -0.39 is 0 Å². The van der Waals surface area contributed by atoms with Crippen LogP contribution in [0, 0.1) is 11.8 Å². The highest BCUT2D eigenvalue weighted by Crippen LogP contribution is 2.45. The Morgan fingerprint density at radius 3 is 2.97 bits per heavy atom. The molecule has 170 valence electrons. The number of likely N-dealkylation sites (tertiary alicyclic amines) is 1. The molecule has 4 heteroatoms. The fraction of sp³-hybridized carbons (Fsp3) is 0.607. The maximum Gasteiger partial charge on any atom is 0.223 e. The van der Waals surface area contributed by atoms with E-state index in [1.807, 2.05) is 0 Å². The molecule has 4 nitrogen and oxygen atoms in total. The van der Waals surface area contributed by atoms with E-state index in [1.165, 1.54) is 61.7 Å². The van der Waals surface area contributed by atoms with Crippen LogP contribution in [0.3, 0.4) is 0 Å². The molecular weight excluding hydrogens is 394 g/mol. The van der Waals surface area contributed by atoms with Gasteiger partial charge in [0.15, 0.2) is 0 Å². The summed E-state index contributed by atoms with van der Waals surface area (Å²) in [5.74, 6) is 1.78. The molecule has 0 spiro atoms. The van der Waals surface area contributed by atoms with Gasteiger partial charge < -0.3 is 9.47 Å². The van der Waals surface area contributed by atoms with Crippen LogP contribution in [0.15, 0.2) is 42.1 Å². The van der Waals surface area contributed by atoms with Gasteiger partial charge in [0, 0.05) is 49.7 Å². The standard InChI is InChI=1S/C28H37N3O/c1-29-18-21(24-10-2-3-12-26(24)29)8-6-13-27(32)31-15-7-9-20-16-22-17-23(28(20)31)19-30-14-5-4-11-25(22)30/h2-3,10,12,16,18,22-23,25,28H,4-9,11,13-15,17,19H2,1H3/t22-,23-,25-,28-/m0/s1. The van der Waals surface area contributed by atoms with Crippen LogP contribution in [0.4, 0.5) is 0 Å². The zero-order valence-corrected chi connectivity index (χ0v) is 19.5. The summed E-state index contributed by atoms with van der Waals surface area (Å²) in [6.07, 6.45) is 15.3. The number of piperidine rings is 3. The quantitative estimate of drug-likeness (QED) is 0.643. The lowest BCUT2D eigenvalue weighted by molar-refractivity contribution is -0.136. The van der Waals surface area contributed by atoms with Gasteiger partial charge in [-0.3, -0.25) is 9.69 Å². The maximum atomic E-state index is 13.4. The first-order chi connectivity index (χ1) is 15.7. The smallest absolute Gasteiger partial charge is 0.223 e. The molecule has 4 atom stereocenters. The number of rotatable bonds is 4. The molecule has 2 aromatic rings. The minimum Gasteiger partial charge on any atom is -0.350 e. The monoisotopic (exact) mass is 431 g/mol. The van der Waals surface area contributed by atoms with E-state index in [0.29, 0.717) is 24.3 Å². The lowest BCUT2D eigenvalue weighted by atomic mass is 9.68. The molecule has 1 amide bonds. The van der Waals surface area contributed by atoms with E-state index in [1.54, 1.807) is 5.57 Å². The van der Waals surface area contributed by atoms with Gasteiger partial charge in [-0.05, 0) is 75.0 Å². The fourth-order valence-electron chi connectivity index (χ4n) is 7.45. The number of carbonyl (C=O) groups is 1. The Labute approximate surface area is 192 Å². The molecule has 3 aliphatic heterocycles. The molecule has 2 bridgehead atoms. The molecule has 1 aliphatic carbocycles. The van der Waals surface area contributed by atoms with Crippen LogP contribution < -0.4 is 0 Å². The third-order valence-electron chi connectivity index (χ3n) is 8.79. The van der Waals surface area contributed by atoms with E-state index in [-0.39, 0.29) is 0 Å². The number of aryl methyl sites for hydroxylation is 2. The van der Waals surface area contributed by atoms with Crippen LogP contribution in [0.5, 0.6) is 0 Å². The third kappa shape index (κ3) is 3.51. The number of amides is 1. The highest BCUT2D eigenvalue weighted by atomic mass is 16.2. The Balaban J connectivity index is 1.14. The largest absolute Gasteiger partial charge is 0.350 e. The van der Waals surface area contributed by atoms with E-state index in [4.69, 9.17) is 0 Å². The highest BCUT2D eigenvalue weighted by Gasteiger charge is 2.46. The highest BCUT2D eigenvalue weighted by molar-refractivity contribution is 5.84. The van der Waals surface area contributed by atoms with Crippen LogP contribution in [0.1, 0.15) is 56.9 Å². The predicted octanol–water partition coefficient (Wildman–Crippen LogP) is 4.92. The van der Waals surface area contributed by atoms with Crippen molar-refractivity contribution in [1.82, 2.24) is 14.4 Å². The van der Waals surface area contributed by atoms with E-state index >= 15 is 0 Å². The molecule has 3 saturated heterocycles. The van der Waals surface area contributed by atoms with Gasteiger partial charge >= 0.3 is 0 Å². The summed E-state index contributed by atoms with van der Waals surface area (Å²) in [6, 6.07) is 9.77. The van der Waals surface area contributed by atoms with E-state index in [9.17, 15) is 4.79 Å². The van der Waals surface area contributed by atoms with Crippen LogP contribution in [0.2, 0.25) is 0 Å². The molecule has 4 heterocycles. The Kier molecular flexibility index (Phi) is 5.37. The second-order valence-electron chi connectivity index (χ2n) is 10.7. The summed E-state index contributed by atoms with van der Waals surface area (Å²) in [4.78, 5) is 18.5. The number of carbonyl (C=O) groups excluding carboxylic acids is 1. The molecular formula is C28H37N3O. The van der Waals surface area contributed by atoms with Crippen molar-refractivity contribution in [1.29, 1.82) is 0 Å². The number of fused-ring (bicyclic) bond motifs is 7. The van der Waals surface area contributed by atoms with Crippen molar-refractivity contribution in [3.05, 3.63) is 47.7 Å². The summed E-state index contributed by atoms with van der Waals surface area (Å²) in [6.45, 7) is 3.44. The lowest BCUT2D eigenvalue weighted by Crippen LogP contribution is -2.60.